The molecule has 0 amide bonds. The summed E-state index contributed by atoms with van der Waals surface area (Å²) in [7, 11) is 2.91. The lowest BCUT2D eigenvalue weighted by Gasteiger charge is -2.38. The van der Waals surface area contributed by atoms with E-state index in [4.69, 9.17) is 9.47 Å². The van der Waals surface area contributed by atoms with Gasteiger partial charge in [0.25, 0.3) is 0 Å². The Labute approximate surface area is 104 Å². The summed E-state index contributed by atoms with van der Waals surface area (Å²) in [5.41, 5.74) is -0.496. The quantitative estimate of drug-likeness (QED) is 0.610. The highest BCUT2D eigenvalue weighted by Crippen LogP contribution is 2.49. The Morgan fingerprint density at radius 3 is 2.50 bits per heavy atom. The Balaban J connectivity index is 2.59. The van der Waals surface area contributed by atoms with Crippen molar-refractivity contribution in [2.75, 3.05) is 14.2 Å². The van der Waals surface area contributed by atoms with Crippen LogP contribution >= 0.6 is 0 Å². The van der Waals surface area contributed by atoms with Gasteiger partial charge in [-0.1, -0.05) is 0 Å². The summed E-state index contributed by atoms with van der Waals surface area (Å²) in [5.74, 6) is 0.258. The molecule has 18 heavy (non-hydrogen) atoms. The summed E-state index contributed by atoms with van der Waals surface area (Å²) >= 11 is 0. The largest absolute Gasteiger partial charge is 0.497 e. The topological polar surface area (TPSA) is 47.9 Å². The first-order valence-electron chi connectivity index (χ1n) is 5.68. The van der Waals surface area contributed by atoms with Crippen LogP contribution in [0.15, 0.2) is 17.1 Å². The van der Waals surface area contributed by atoms with Crippen LogP contribution in [0, 0.1) is 5.82 Å². The molecule has 4 nitrogen and oxygen atoms in total. The van der Waals surface area contributed by atoms with E-state index >= 15 is 0 Å². The minimum Gasteiger partial charge on any atom is -0.497 e. The van der Waals surface area contributed by atoms with Crippen molar-refractivity contribution in [1.29, 1.82) is 0 Å². The van der Waals surface area contributed by atoms with E-state index in [0.717, 1.165) is 6.42 Å². The third kappa shape index (κ3) is 1.87. The second-order valence-corrected chi connectivity index (χ2v) is 4.27. The molecule has 0 N–H and O–H groups in total. The molecule has 0 heterocycles. The number of aliphatic imine (C=N–C) groups is 1. The molecule has 0 aliphatic heterocycles. The number of rotatable bonds is 4. The standard InChI is InChI=1S/C13H14FNO3/c1-17-9-6-10(14)12(11(7-9)18-2)13(15-8-16)4-3-5-13/h6-7H,3-5H2,1-2H3. The monoisotopic (exact) mass is 251 g/mol. The molecule has 2 rings (SSSR count). The summed E-state index contributed by atoms with van der Waals surface area (Å²) in [5, 5.41) is 0. The Morgan fingerprint density at radius 1 is 1.33 bits per heavy atom. The van der Waals surface area contributed by atoms with Crippen LogP contribution in [0.3, 0.4) is 0 Å². The highest BCUT2D eigenvalue weighted by atomic mass is 19.1. The van der Waals surface area contributed by atoms with Crippen molar-refractivity contribution in [3.05, 3.63) is 23.5 Å². The molecule has 1 aromatic rings. The van der Waals surface area contributed by atoms with Gasteiger partial charge >= 0.3 is 0 Å². The first-order valence-corrected chi connectivity index (χ1v) is 5.68. The Bertz CT molecular complexity index is 505. The lowest BCUT2D eigenvalue weighted by atomic mass is 9.72. The molecule has 96 valence electrons. The van der Waals surface area contributed by atoms with E-state index in [0.29, 0.717) is 29.9 Å². The summed E-state index contributed by atoms with van der Waals surface area (Å²) in [6, 6.07) is 2.87. The second-order valence-electron chi connectivity index (χ2n) is 4.27. The smallest absolute Gasteiger partial charge is 0.235 e. The van der Waals surface area contributed by atoms with Gasteiger partial charge < -0.3 is 9.47 Å². The minimum absolute atomic E-state index is 0.320. The van der Waals surface area contributed by atoms with Gasteiger partial charge in [0.05, 0.1) is 19.8 Å². The van der Waals surface area contributed by atoms with Crippen LogP contribution in [-0.4, -0.2) is 20.3 Å². The number of hydrogen-bond acceptors (Lipinski definition) is 4. The predicted molar refractivity (Wildman–Crippen MR) is 63.2 cm³/mol. The van der Waals surface area contributed by atoms with Gasteiger partial charge in [-0.15, -0.1) is 0 Å². The highest BCUT2D eigenvalue weighted by Gasteiger charge is 2.43. The third-order valence-corrected chi connectivity index (χ3v) is 3.39. The van der Waals surface area contributed by atoms with E-state index in [1.165, 1.54) is 26.4 Å². The minimum atomic E-state index is -0.816. The van der Waals surface area contributed by atoms with Gasteiger partial charge in [0.2, 0.25) is 6.08 Å². The van der Waals surface area contributed by atoms with Gasteiger partial charge in [0, 0.05) is 12.1 Å². The Morgan fingerprint density at radius 2 is 2.06 bits per heavy atom. The van der Waals surface area contributed by atoms with Crippen molar-refractivity contribution in [2.45, 2.75) is 24.8 Å². The van der Waals surface area contributed by atoms with Crippen molar-refractivity contribution < 1.29 is 18.7 Å². The SMILES string of the molecule is COc1cc(F)c(C2(N=C=O)CCC2)c(OC)c1. The molecule has 0 atom stereocenters. The van der Waals surface area contributed by atoms with Crippen LogP contribution in [0.1, 0.15) is 24.8 Å². The molecule has 0 unspecified atom stereocenters. The van der Waals surface area contributed by atoms with Gasteiger partial charge in [0.1, 0.15) is 22.9 Å². The number of isocyanates is 1. The summed E-state index contributed by atoms with van der Waals surface area (Å²) in [6.07, 6.45) is 3.69. The van der Waals surface area contributed by atoms with Gasteiger partial charge in [-0.3, -0.25) is 0 Å². The molecule has 1 aromatic carbocycles. The molecule has 0 aromatic heterocycles. The van der Waals surface area contributed by atoms with Crippen molar-refractivity contribution >= 4 is 6.08 Å². The van der Waals surface area contributed by atoms with Crippen LogP contribution < -0.4 is 9.47 Å². The number of nitrogens with zero attached hydrogens (tertiary/aromatic N) is 1. The highest BCUT2D eigenvalue weighted by molar-refractivity contribution is 5.49. The van der Waals surface area contributed by atoms with E-state index in [1.54, 1.807) is 6.07 Å². The van der Waals surface area contributed by atoms with Gasteiger partial charge in [-0.2, -0.15) is 4.99 Å². The molecule has 0 spiro atoms. The number of methoxy groups -OCH3 is 2. The zero-order chi connectivity index (χ0) is 13.2. The molecule has 1 fully saturated rings. The van der Waals surface area contributed by atoms with E-state index in [9.17, 15) is 9.18 Å². The fourth-order valence-corrected chi connectivity index (χ4v) is 2.30. The molecule has 0 bridgehead atoms. The number of halogens is 1. The summed E-state index contributed by atoms with van der Waals surface area (Å²) < 4.78 is 24.4. The van der Waals surface area contributed by atoms with Crippen molar-refractivity contribution in [3.8, 4) is 11.5 Å². The molecule has 5 heteroatoms. The zero-order valence-corrected chi connectivity index (χ0v) is 10.3. The van der Waals surface area contributed by atoms with E-state index < -0.39 is 11.4 Å². The molecular formula is C13H14FNO3. The fourth-order valence-electron chi connectivity index (χ4n) is 2.30. The molecule has 0 saturated heterocycles. The third-order valence-electron chi connectivity index (χ3n) is 3.39. The lowest BCUT2D eigenvalue weighted by Crippen LogP contribution is -2.33. The molecule has 1 aliphatic carbocycles. The average Bonchev–Trinajstić information content (AvgIpc) is 2.33. The van der Waals surface area contributed by atoms with Crippen molar-refractivity contribution in [3.63, 3.8) is 0 Å². The second kappa shape index (κ2) is 4.78. The van der Waals surface area contributed by atoms with Crippen LogP contribution in [0.5, 0.6) is 11.5 Å². The van der Waals surface area contributed by atoms with Gasteiger partial charge in [-0.05, 0) is 19.3 Å². The van der Waals surface area contributed by atoms with E-state index in [2.05, 4.69) is 4.99 Å². The maximum atomic E-state index is 14.2. The van der Waals surface area contributed by atoms with Crippen LogP contribution in [-0.2, 0) is 10.3 Å². The molecule has 1 aliphatic rings. The van der Waals surface area contributed by atoms with Crippen LogP contribution in [0.25, 0.3) is 0 Å². The maximum Gasteiger partial charge on any atom is 0.235 e. The van der Waals surface area contributed by atoms with Crippen molar-refractivity contribution in [2.24, 2.45) is 4.99 Å². The molecule has 1 saturated carbocycles. The maximum absolute atomic E-state index is 14.2. The predicted octanol–water partition coefficient (Wildman–Crippen LogP) is 2.56. The number of hydrogen-bond donors (Lipinski definition) is 0. The van der Waals surface area contributed by atoms with Crippen LogP contribution in [0.2, 0.25) is 0 Å². The van der Waals surface area contributed by atoms with Gasteiger partial charge in [0.15, 0.2) is 0 Å². The number of carbonyl (C=O) groups excluding carboxylic acids is 1. The lowest BCUT2D eigenvalue weighted by molar-refractivity contribution is 0.236. The Kier molecular flexibility index (Phi) is 3.34. The molecular weight excluding hydrogens is 237 g/mol. The summed E-state index contributed by atoms with van der Waals surface area (Å²) in [4.78, 5) is 14.3. The first-order chi connectivity index (χ1) is 8.66. The van der Waals surface area contributed by atoms with E-state index in [1.807, 2.05) is 0 Å². The first kappa shape index (κ1) is 12.6. The van der Waals surface area contributed by atoms with Crippen molar-refractivity contribution in [1.82, 2.24) is 0 Å². The summed E-state index contributed by atoms with van der Waals surface area (Å²) in [6.45, 7) is 0. The number of ether oxygens (including phenoxy) is 2. The average molecular weight is 251 g/mol. The van der Waals surface area contributed by atoms with E-state index in [-0.39, 0.29) is 0 Å². The van der Waals surface area contributed by atoms with Gasteiger partial charge in [-0.25, -0.2) is 9.18 Å². The fraction of sp³-hybridized carbons (Fsp3) is 0.462. The van der Waals surface area contributed by atoms with Crippen LogP contribution in [0.4, 0.5) is 4.39 Å². The zero-order valence-electron chi connectivity index (χ0n) is 10.3. The Hall–Kier alpha value is -1.87. The molecule has 0 radical (unpaired) electrons. The number of benzene rings is 1. The normalized spacial score (nSPS) is 16.4.